The number of nitrogens with zero attached hydrogens (tertiary/aromatic N) is 4. The molecule has 6 heteroatoms. The van der Waals surface area contributed by atoms with Gasteiger partial charge >= 0.3 is 0 Å². The molecule has 0 atom stereocenters. The lowest BCUT2D eigenvalue weighted by atomic mass is 9.90. The van der Waals surface area contributed by atoms with Crippen LogP contribution in [0, 0.1) is 12.8 Å². The third kappa shape index (κ3) is 5.31. The van der Waals surface area contributed by atoms with Gasteiger partial charge in [-0.3, -0.25) is 4.99 Å². The predicted molar refractivity (Wildman–Crippen MR) is 103 cm³/mol. The molecule has 1 aromatic heterocycles. The van der Waals surface area contributed by atoms with Crippen LogP contribution in [0.25, 0.3) is 0 Å². The average molecular weight is 355 g/mol. The molecule has 1 saturated heterocycles. The van der Waals surface area contributed by atoms with Crippen molar-refractivity contribution in [2.24, 2.45) is 10.9 Å². The fraction of sp³-hybridized carbons (Fsp3) is 0.550. The van der Waals surface area contributed by atoms with E-state index in [0.717, 1.165) is 44.4 Å². The first-order valence-corrected chi connectivity index (χ1v) is 9.53. The molecule has 0 bridgehead atoms. The van der Waals surface area contributed by atoms with Crippen LogP contribution in [0.2, 0.25) is 0 Å². The molecule has 0 aliphatic carbocycles. The van der Waals surface area contributed by atoms with Gasteiger partial charge in [0.1, 0.15) is 0 Å². The van der Waals surface area contributed by atoms with Gasteiger partial charge in [-0.1, -0.05) is 35.5 Å². The lowest BCUT2D eigenvalue weighted by Gasteiger charge is -2.34. The van der Waals surface area contributed by atoms with Crippen molar-refractivity contribution in [3.8, 4) is 0 Å². The summed E-state index contributed by atoms with van der Waals surface area (Å²) < 4.78 is 5.15. The zero-order chi connectivity index (χ0) is 18.2. The van der Waals surface area contributed by atoms with E-state index in [0.29, 0.717) is 11.7 Å². The summed E-state index contributed by atoms with van der Waals surface area (Å²) in [5.41, 5.74) is 1.45. The van der Waals surface area contributed by atoms with Crippen LogP contribution in [0.15, 0.2) is 39.8 Å². The Morgan fingerprint density at radius 1 is 1.27 bits per heavy atom. The maximum absolute atomic E-state index is 5.15. The quantitative estimate of drug-likeness (QED) is 0.490. The molecule has 1 N–H and O–H groups in total. The maximum atomic E-state index is 5.15. The molecule has 2 aromatic rings. The second kappa shape index (κ2) is 9.36. The van der Waals surface area contributed by atoms with E-state index >= 15 is 0 Å². The van der Waals surface area contributed by atoms with Crippen LogP contribution in [0.5, 0.6) is 0 Å². The van der Waals surface area contributed by atoms with Gasteiger partial charge in [-0.25, -0.2) is 0 Å². The molecule has 6 nitrogen and oxygen atoms in total. The van der Waals surface area contributed by atoms with Crippen LogP contribution in [-0.4, -0.2) is 47.7 Å². The summed E-state index contributed by atoms with van der Waals surface area (Å²) in [5.74, 6) is 3.18. The van der Waals surface area contributed by atoms with E-state index in [1.807, 2.05) is 14.0 Å². The number of hydrogen-bond donors (Lipinski definition) is 1. The van der Waals surface area contributed by atoms with E-state index in [1.54, 1.807) is 0 Å². The summed E-state index contributed by atoms with van der Waals surface area (Å²) in [6, 6.07) is 10.8. The van der Waals surface area contributed by atoms with Gasteiger partial charge in [0.15, 0.2) is 11.8 Å². The third-order valence-corrected chi connectivity index (χ3v) is 4.91. The number of likely N-dealkylation sites (tertiary alicyclic amines) is 1. The van der Waals surface area contributed by atoms with E-state index in [1.165, 1.54) is 24.8 Å². The fourth-order valence-corrected chi connectivity index (χ4v) is 3.51. The monoisotopic (exact) mass is 355 g/mol. The van der Waals surface area contributed by atoms with Crippen molar-refractivity contribution < 1.29 is 4.52 Å². The van der Waals surface area contributed by atoms with Crippen molar-refractivity contribution in [3.63, 3.8) is 0 Å². The van der Waals surface area contributed by atoms with Gasteiger partial charge in [-0.2, -0.15) is 4.98 Å². The molecular formula is C20H29N5O. The van der Waals surface area contributed by atoms with Gasteiger partial charge in [0.2, 0.25) is 5.89 Å². The van der Waals surface area contributed by atoms with Crippen LogP contribution in [0.3, 0.4) is 0 Å². The number of nitrogens with one attached hydrogen (secondary N) is 1. The molecule has 26 heavy (non-hydrogen) atoms. The molecule has 0 spiro atoms. The smallest absolute Gasteiger partial charge is 0.226 e. The van der Waals surface area contributed by atoms with E-state index in [2.05, 4.69) is 55.7 Å². The highest BCUT2D eigenvalue weighted by Gasteiger charge is 2.21. The van der Waals surface area contributed by atoms with Crippen molar-refractivity contribution in [2.45, 2.75) is 39.0 Å². The number of rotatable bonds is 6. The van der Waals surface area contributed by atoms with Crippen molar-refractivity contribution in [1.82, 2.24) is 20.4 Å². The molecule has 1 fully saturated rings. The molecule has 0 saturated carbocycles. The Labute approximate surface area is 155 Å². The van der Waals surface area contributed by atoms with Crippen LogP contribution < -0.4 is 5.32 Å². The van der Waals surface area contributed by atoms with E-state index in [9.17, 15) is 0 Å². The zero-order valence-corrected chi connectivity index (χ0v) is 15.8. The number of aromatic nitrogens is 2. The minimum Gasteiger partial charge on any atom is -0.356 e. The number of aliphatic imine (C=N–C) groups is 1. The topological polar surface area (TPSA) is 66.5 Å². The van der Waals surface area contributed by atoms with Crippen LogP contribution in [-0.2, 0) is 12.8 Å². The lowest BCUT2D eigenvalue weighted by Crippen LogP contribution is -2.46. The summed E-state index contributed by atoms with van der Waals surface area (Å²) in [6.45, 7) is 4.84. The van der Waals surface area contributed by atoms with Crippen molar-refractivity contribution in [2.75, 3.05) is 26.7 Å². The average Bonchev–Trinajstić information content (AvgIpc) is 3.09. The summed E-state index contributed by atoms with van der Waals surface area (Å²) in [7, 11) is 1.86. The normalized spacial score (nSPS) is 16.1. The number of aryl methyl sites for hydroxylation is 2. The highest BCUT2D eigenvalue weighted by Crippen LogP contribution is 2.21. The third-order valence-electron chi connectivity index (χ3n) is 4.91. The number of piperidine rings is 1. The molecular weight excluding hydrogens is 326 g/mol. The van der Waals surface area contributed by atoms with Crippen molar-refractivity contribution >= 4 is 5.96 Å². The van der Waals surface area contributed by atoms with E-state index < -0.39 is 0 Å². The Bertz CT molecular complexity index is 689. The molecule has 2 heterocycles. The van der Waals surface area contributed by atoms with Gasteiger partial charge in [0.25, 0.3) is 0 Å². The SMILES string of the molecule is CN=C(NCCCc1nc(C)no1)N1CCC(Cc2ccccc2)CC1. The lowest BCUT2D eigenvalue weighted by molar-refractivity contribution is 0.259. The van der Waals surface area contributed by atoms with Gasteiger partial charge in [-0.15, -0.1) is 0 Å². The Hall–Kier alpha value is -2.37. The first-order valence-electron chi connectivity index (χ1n) is 9.53. The maximum Gasteiger partial charge on any atom is 0.226 e. The predicted octanol–water partition coefficient (Wildman–Crippen LogP) is 2.84. The van der Waals surface area contributed by atoms with Crippen LogP contribution in [0.4, 0.5) is 0 Å². The summed E-state index contributed by atoms with van der Waals surface area (Å²) in [4.78, 5) is 11.1. The van der Waals surface area contributed by atoms with Gasteiger partial charge < -0.3 is 14.7 Å². The molecule has 0 amide bonds. The first-order chi connectivity index (χ1) is 12.7. The highest BCUT2D eigenvalue weighted by molar-refractivity contribution is 5.79. The summed E-state index contributed by atoms with van der Waals surface area (Å²) >= 11 is 0. The van der Waals surface area contributed by atoms with Crippen LogP contribution in [0.1, 0.15) is 36.5 Å². The standard InChI is InChI=1S/C20H29N5O/c1-16-23-19(26-24-16)9-6-12-22-20(21-2)25-13-10-18(11-14-25)15-17-7-4-3-5-8-17/h3-5,7-8,18H,6,9-15H2,1-2H3,(H,21,22). The van der Waals surface area contributed by atoms with E-state index in [4.69, 9.17) is 4.52 Å². The van der Waals surface area contributed by atoms with E-state index in [-0.39, 0.29) is 0 Å². The molecule has 0 radical (unpaired) electrons. The molecule has 0 unspecified atom stereocenters. The Morgan fingerprint density at radius 2 is 2.04 bits per heavy atom. The highest BCUT2D eigenvalue weighted by atomic mass is 16.5. The molecule has 1 aliphatic heterocycles. The molecule has 1 aromatic carbocycles. The molecule has 1 aliphatic rings. The number of hydrogen-bond acceptors (Lipinski definition) is 4. The largest absolute Gasteiger partial charge is 0.356 e. The fourth-order valence-electron chi connectivity index (χ4n) is 3.51. The first kappa shape index (κ1) is 18.4. The van der Waals surface area contributed by atoms with Crippen LogP contribution >= 0.6 is 0 Å². The number of guanidine groups is 1. The minimum absolute atomic E-state index is 0.696. The second-order valence-electron chi connectivity index (χ2n) is 6.93. The molecule has 140 valence electrons. The Morgan fingerprint density at radius 3 is 2.69 bits per heavy atom. The summed E-state index contributed by atoms with van der Waals surface area (Å²) in [5, 5.41) is 7.29. The van der Waals surface area contributed by atoms with Crippen molar-refractivity contribution in [1.29, 1.82) is 0 Å². The Kier molecular flexibility index (Phi) is 6.63. The van der Waals surface area contributed by atoms with Crippen molar-refractivity contribution in [3.05, 3.63) is 47.6 Å². The van der Waals surface area contributed by atoms with Gasteiger partial charge in [0.05, 0.1) is 0 Å². The molecule has 3 rings (SSSR count). The second-order valence-corrected chi connectivity index (χ2v) is 6.93. The number of benzene rings is 1. The van der Waals surface area contributed by atoms with Gasteiger partial charge in [-0.05, 0) is 44.1 Å². The zero-order valence-electron chi connectivity index (χ0n) is 15.8. The van der Waals surface area contributed by atoms with Gasteiger partial charge in [0, 0.05) is 33.1 Å². The summed E-state index contributed by atoms with van der Waals surface area (Å²) in [6.07, 6.45) is 5.37. The Balaban J connectivity index is 1.38. The minimum atomic E-state index is 0.696.